The minimum Gasteiger partial charge on any atom is -0.350 e. The van der Waals surface area contributed by atoms with Gasteiger partial charge in [0.25, 0.3) is 0 Å². The predicted octanol–water partition coefficient (Wildman–Crippen LogP) is 3.18. The number of carbonyl (C=O) groups is 3. The second-order valence-electron chi connectivity index (χ2n) is 7.10. The molecule has 3 N–H and O–H groups in total. The zero-order valence-corrected chi connectivity index (χ0v) is 21.0. The maximum Gasteiger partial charge on any atom is 0.242 e. The second kappa shape index (κ2) is 12.9. The topological polar surface area (TPSA) is 90.5 Å². The van der Waals surface area contributed by atoms with Gasteiger partial charge >= 0.3 is 0 Å². The fourth-order valence-electron chi connectivity index (χ4n) is 3.28. The van der Waals surface area contributed by atoms with Crippen LogP contribution in [-0.2, 0) is 20.9 Å². The van der Waals surface area contributed by atoms with Crippen LogP contribution in [-0.4, -0.2) is 47.8 Å². The Balaban J connectivity index is 1.95. The summed E-state index contributed by atoms with van der Waals surface area (Å²) in [5.41, 5.74) is 1.01. The molecule has 0 heterocycles. The molecule has 2 aromatic rings. The highest BCUT2D eigenvalue weighted by Gasteiger charge is 2.26. The lowest BCUT2D eigenvalue weighted by Gasteiger charge is -2.23. The van der Waals surface area contributed by atoms with E-state index in [4.69, 9.17) is 0 Å². The molecule has 0 saturated carbocycles. The van der Waals surface area contributed by atoms with Crippen molar-refractivity contribution in [3.05, 3.63) is 48.0 Å². The van der Waals surface area contributed by atoms with E-state index in [1.54, 1.807) is 11.8 Å². The van der Waals surface area contributed by atoms with E-state index in [1.165, 1.54) is 9.12 Å². The molecule has 31 heavy (non-hydrogen) atoms. The van der Waals surface area contributed by atoms with Gasteiger partial charge in [0.05, 0.1) is 6.42 Å². The van der Waals surface area contributed by atoms with Crippen LogP contribution in [0.2, 0.25) is 0 Å². The molecule has 0 aliphatic carbocycles. The van der Waals surface area contributed by atoms with E-state index in [-0.39, 0.29) is 24.1 Å². The Labute approximate surface area is 199 Å². The lowest BCUT2D eigenvalue weighted by molar-refractivity contribution is -0.135. The van der Waals surface area contributed by atoms with Gasteiger partial charge in [0.2, 0.25) is 17.7 Å². The van der Waals surface area contributed by atoms with Gasteiger partial charge in [0.1, 0.15) is 12.1 Å². The zero-order chi connectivity index (χ0) is 22.8. The molecule has 0 aromatic heterocycles. The van der Waals surface area contributed by atoms with Crippen molar-refractivity contribution in [2.24, 2.45) is 0 Å². The standard InChI is InChI=1S/C22H29IN4O3S/c1-4-27(5-2)20(28)13-19(26-31-23)22(30)25-15(3)21(29)24-14-17-11-8-10-16-9-6-7-12-18(16)17/h6-12,15,19,26H,4-5,13-14H2,1-3H3,(H,24,29)(H,25,30)/t15-,19-/m0/s1. The van der Waals surface area contributed by atoms with Gasteiger partial charge in [-0.25, -0.2) is 4.72 Å². The lowest BCUT2D eigenvalue weighted by atomic mass is 10.0. The van der Waals surface area contributed by atoms with E-state index in [9.17, 15) is 14.4 Å². The summed E-state index contributed by atoms with van der Waals surface area (Å²) in [5.74, 6) is -0.758. The Hall–Kier alpha value is -1.85. The number of amides is 3. The van der Waals surface area contributed by atoms with Crippen molar-refractivity contribution in [1.29, 1.82) is 0 Å². The number of rotatable bonds is 11. The number of nitrogens with zero attached hydrogens (tertiary/aromatic N) is 1. The van der Waals surface area contributed by atoms with E-state index in [0.29, 0.717) is 19.6 Å². The van der Waals surface area contributed by atoms with E-state index in [1.807, 2.05) is 77.5 Å². The maximum absolute atomic E-state index is 12.7. The molecule has 0 unspecified atom stereocenters. The van der Waals surface area contributed by atoms with E-state index >= 15 is 0 Å². The average molecular weight is 556 g/mol. The first-order chi connectivity index (χ1) is 14.9. The molecule has 2 atom stereocenters. The summed E-state index contributed by atoms with van der Waals surface area (Å²) in [6.07, 6.45) is 0.0356. The first-order valence-corrected chi connectivity index (χ1v) is 13.6. The number of fused-ring (bicyclic) bond motifs is 1. The van der Waals surface area contributed by atoms with Crippen LogP contribution in [0.5, 0.6) is 0 Å². The normalized spacial score (nSPS) is 12.8. The number of nitrogens with one attached hydrogen (secondary N) is 3. The predicted molar refractivity (Wildman–Crippen MR) is 134 cm³/mol. The summed E-state index contributed by atoms with van der Waals surface area (Å²) < 4.78 is 2.95. The van der Waals surface area contributed by atoms with Gasteiger partial charge in [-0.3, -0.25) is 14.4 Å². The van der Waals surface area contributed by atoms with Crippen LogP contribution in [0, 0.1) is 0 Å². The van der Waals surface area contributed by atoms with E-state index in [0.717, 1.165) is 16.3 Å². The van der Waals surface area contributed by atoms with Crippen molar-refractivity contribution in [1.82, 2.24) is 20.3 Å². The molecule has 9 heteroatoms. The Morgan fingerprint density at radius 2 is 1.71 bits per heavy atom. The van der Waals surface area contributed by atoms with Crippen LogP contribution in [0.3, 0.4) is 0 Å². The third kappa shape index (κ3) is 7.36. The first-order valence-electron chi connectivity index (χ1n) is 10.3. The number of carbonyl (C=O) groups excluding carboxylic acids is 3. The quantitative estimate of drug-likeness (QED) is 0.292. The minimum atomic E-state index is -0.727. The van der Waals surface area contributed by atoms with Crippen LogP contribution in [0.4, 0.5) is 0 Å². The third-order valence-electron chi connectivity index (χ3n) is 5.08. The molecule has 0 aliphatic rings. The number of benzene rings is 2. The van der Waals surface area contributed by atoms with Crippen LogP contribution < -0.4 is 15.4 Å². The summed E-state index contributed by atoms with van der Waals surface area (Å²) >= 11 is 2.01. The fraction of sp³-hybridized carbons (Fsp3) is 0.409. The SMILES string of the molecule is CCN(CC)C(=O)C[C@H](NSI)C(=O)N[C@@H](C)C(=O)NCc1cccc2ccccc12. The lowest BCUT2D eigenvalue weighted by Crippen LogP contribution is -2.51. The molecule has 0 fully saturated rings. The average Bonchev–Trinajstić information content (AvgIpc) is 2.77. The Morgan fingerprint density at radius 3 is 2.39 bits per heavy atom. The molecule has 2 rings (SSSR count). The van der Waals surface area contributed by atoms with Crippen molar-refractivity contribution in [3.63, 3.8) is 0 Å². The highest BCUT2D eigenvalue weighted by molar-refractivity contribution is 14.2. The molecule has 0 radical (unpaired) electrons. The van der Waals surface area contributed by atoms with Crippen molar-refractivity contribution in [2.45, 2.75) is 45.8 Å². The Bertz CT molecular complexity index is 902. The summed E-state index contributed by atoms with van der Waals surface area (Å²) in [5, 5.41) is 7.80. The van der Waals surface area contributed by atoms with Crippen molar-refractivity contribution >= 4 is 58.8 Å². The van der Waals surface area contributed by atoms with Gasteiger partial charge in [0, 0.05) is 40.8 Å². The molecule has 0 saturated heterocycles. The first kappa shape index (κ1) is 25.4. The van der Waals surface area contributed by atoms with Gasteiger partial charge in [-0.15, -0.1) is 0 Å². The van der Waals surface area contributed by atoms with Gasteiger partial charge in [0.15, 0.2) is 0 Å². The monoisotopic (exact) mass is 556 g/mol. The van der Waals surface area contributed by atoms with E-state index < -0.39 is 12.1 Å². The zero-order valence-electron chi connectivity index (χ0n) is 18.0. The highest BCUT2D eigenvalue weighted by atomic mass is 127. The van der Waals surface area contributed by atoms with E-state index in [2.05, 4.69) is 15.4 Å². The highest BCUT2D eigenvalue weighted by Crippen LogP contribution is 2.18. The number of halogens is 1. The molecule has 0 aliphatic heterocycles. The van der Waals surface area contributed by atoms with Gasteiger partial charge in [-0.2, -0.15) is 0 Å². The molecular weight excluding hydrogens is 527 g/mol. The van der Waals surface area contributed by atoms with Crippen molar-refractivity contribution < 1.29 is 14.4 Å². The van der Waals surface area contributed by atoms with Crippen LogP contribution >= 0.6 is 30.3 Å². The smallest absolute Gasteiger partial charge is 0.242 e. The Morgan fingerprint density at radius 1 is 1.03 bits per heavy atom. The van der Waals surface area contributed by atoms with Crippen LogP contribution in [0.15, 0.2) is 42.5 Å². The number of hydrogen-bond donors (Lipinski definition) is 3. The van der Waals surface area contributed by atoms with Crippen LogP contribution in [0.25, 0.3) is 10.8 Å². The van der Waals surface area contributed by atoms with Gasteiger partial charge in [-0.1, -0.05) is 42.5 Å². The molecular formula is C22H29IN4O3S. The second-order valence-corrected chi connectivity index (χ2v) is 8.82. The summed E-state index contributed by atoms with van der Waals surface area (Å²) in [4.78, 5) is 39.3. The molecule has 0 bridgehead atoms. The van der Waals surface area contributed by atoms with Crippen molar-refractivity contribution in [3.8, 4) is 0 Å². The van der Waals surface area contributed by atoms with Crippen LogP contribution in [0.1, 0.15) is 32.8 Å². The maximum atomic E-state index is 12.7. The number of hydrogen-bond acceptors (Lipinski definition) is 5. The summed E-state index contributed by atoms with van der Waals surface area (Å²) in [6.45, 7) is 6.99. The molecule has 7 nitrogen and oxygen atoms in total. The third-order valence-corrected chi connectivity index (χ3v) is 6.22. The molecule has 2 aromatic carbocycles. The molecule has 0 spiro atoms. The summed E-state index contributed by atoms with van der Waals surface area (Å²) in [7, 11) is 1.24. The minimum absolute atomic E-state index is 0.0356. The van der Waals surface area contributed by atoms with Gasteiger partial charge in [-0.05, 0) is 46.2 Å². The Kier molecular flexibility index (Phi) is 10.6. The van der Waals surface area contributed by atoms with Gasteiger partial charge < -0.3 is 15.5 Å². The van der Waals surface area contributed by atoms with Crippen molar-refractivity contribution in [2.75, 3.05) is 13.1 Å². The fourth-order valence-corrected chi connectivity index (χ4v) is 4.50. The molecule has 168 valence electrons. The largest absolute Gasteiger partial charge is 0.350 e. The summed E-state index contributed by atoms with van der Waals surface area (Å²) in [6, 6.07) is 12.5. The molecule has 3 amide bonds.